The minimum absolute atomic E-state index is 0.0297. The van der Waals surface area contributed by atoms with Crippen molar-refractivity contribution < 1.29 is 14.4 Å². The topological polar surface area (TPSA) is 37.3 Å². The number of hydrogen-bond acceptors (Lipinski definition) is 2. The molecule has 1 atom stereocenters. The maximum Gasteiger partial charge on any atom is 0.138 e. The Labute approximate surface area is 80.9 Å². The van der Waals surface area contributed by atoms with Crippen molar-refractivity contribution in [3.63, 3.8) is 0 Å². The third-order valence-corrected chi connectivity index (χ3v) is 1.84. The molecule has 0 saturated heterocycles. The lowest BCUT2D eigenvalue weighted by molar-refractivity contribution is -0.873. The number of aliphatic hydroxyl groups is 1. The van der Waals surface area contributed by atoms with E-state index in [-0.39, 0.29) is 18.1 Å². The Morgan fingerprint density at radius 1 is 1.31 bits per heavy atom. The molecule has 0 aliphatic heterocycles. The molecule has 0 fully saturated rings. The molecule has 0 aromatic carbocycles. The van der Waals surface area contributed by atoms with Crippen molar-refractivity contribution in [3.8, 4) is 0 Å². The molecule has 0 aliphatic carbocycles. The molecule has 13 heavy (non-hydrogen) atoms. The van der Waals surface area contributed by atoms with Gasteiger partial charge in [-0.15, -0.1) is 0 Å². The summed E-state index contributed by atoms with van der Waals surface area (Å²) in [7, 11) is 6.01. The largest absolute Gasteiger partial charge is 0.387 e. The van der Waals surface area contributed by atoms with Crippen LogP contribution in [0.5, 0.6) is 0 Å². The average Bonchev–Trinajstić information content (AvgIpc) is 1.81. The lowest BCUT2D eigenvalue weighted by Crippen LogP contribution is -2.42. The van der Waals surface area contributed by atoms with Crippen molar-refractivity contribution in [1.29, 1.82) is 0 Å². The van der Waals surface area contributed by atoms with E-state index in [9.17, 15) is 9.90 Å². The number of likely N-dealkylation sites (N-methyl/N-ethyl adjacent to an activating group) is 1. The third-order valence-electron chi connectivity index (χ3n) is 1.84. The van der Waals surface area contributed by atoms with E-state index in [0.717, 1.165) is 0 Å². The molecule has 1 N–H and O–H groups in total. The fraction of sp³-hybridized carbons (Fsp3) is 0.900. The summed E-state index contributed by atoms with van der Waals surface area (Å²) in [5.74, 6) is 0.170. The highest BCUT2D eigenvalue weighted by atomic mass is 16.3. The van der Waals surface area contributed by atoms with Gasteiger partial charge in [0.1, 0.15) is 18.4 Å². The monoisotopic (exact) mass is 188 g/mol. The zero-order valence-corrected chi connectivity index (χ0v) is 9.37. The molecule has 0 aromatic heterocycles. The molecule has 0 amide bonds. The van der Waals surface area contributed by atoms with Crippen LogP contribution in [0.2, 0.25) is 0 Å². The Hall–Kier alpha value is -0.410. The van der Waals surface area contributed by atoms with Gasteiger partial charge in [0.15, 0.2) is 0 Å². The molecule has 0 spiro atoms. The molecule has 78 valence electrons. The van der Waals surface area contributed by atoms with Gasteiger partial charge in [-0.1, -0.05) is 13.8 Å². The average molecular weight is 188 g/mol. The summed E-state index contributed by atoms with van der Waals surface area (Å²) in [5, 5.41) is 9.57. The zero-order chi connectivity index (χ0) is 10.6. The molecule has 0 bridgehead atoms. The first kappa shape index (κ1) is 12.6. The van der Waals surface area contributed by atoms with Gasteiger partial charge in [-0.05, 0) is 0 Å². The van der Waals surface area contributed by atoms with E-state index < -0.39 is 6.10 Å². The van der Waals surface area contributed by atoms with Crippen molar-refractivity contribution in [2.24, 2.45) is 5.92 Å². The van der Waals surface area contributed by atoms with Crippen LogP contribution in [0.3, 0.4) is 0 Å². The first-order valence-corrected chi connectivity index (χ1v) is 4.73. The standard InChI is InChI=1S/C10H22NO2/c1-8(2)10(13)6-9(12)7-11(3,4)5/h8-9,12H,6-7H2,1-5H3/q+1. The molecule has 3 nitrogen and oxygen atoms in total. The first-order valence-electron chi connectivity index (χ1n) is 4.73. The minimum atomic E-state index is -0.505. The smallest absolute Gasteiger partial charge is 0.138 e. The van der Waals surface area contributed by atoms with Crippen molar-refractivity contribution in [2.75, 3.05) is 27.7 Å². The SMILES string of the molecule is CC(C)C(=O)CC(O)C[N+](C)(C)C. The predicted octanol–water partition coefficient (Wildman–Crippen LogP) is 0.669. The lowest BCUT2D eigenvalue weighted by atomic mass is 10.0. The maximum absolute atomic E-state index is 11.3. The molecule has 0 rings (SSSR count). The van der Waals surface area contributed by atoms with Gasteiger partial charge in [-0.3, -0.25) is 4.79 Å². The zero-order valence-electron chi connectivity index (χ0n) is 9.37. The van der Waals surface area contributed by atoms with E-state index in [1.807, 2.05) is 35.0 Å². The van der Waals surface area contributed by atoms with Crippen molar-refractivity contribution in [2.45, 2.75) is 26.4 Å². The summed E-state index contributed by atoms with van der Waals surface area (Å²) in [5.41, 5.74) is 0. The van der Waals surface area contributed by atoms with Crippen LogP contribution in [0.15, 0.2) is 0 Å². The highest BCUT2D eigenvalue weighted by Gasteiger charge is 2.19. The van der Waals surface area contributed by atoms with Gasteiger partial charge < -0.3 is 9.59 Å². The van der Waals surface area contributed by atoms with E-state index in [2.05, 4.69) is 0 Å². The maximum atomic E-state index is 11.3. The van der Waals surface area contributed by atoms with Crippen molar-refractivity contribution in [3.05, 3.63) is 0 Å². The van der Waals surface area contributed by atoms with Crippen LogP contribution >= 0.6 is 0 Å². The Morgan fingerprint density at radius 2 is 1.77 bits per heavy atom. The summed E-state index contributed by atoms with van der Waals surface area (Å²) in [4.78, 5) is 11.3. The summed E-state index contributed by atoms with van der Waals surface area (Å²) >= 11 is 0. The van der Waals surface area contributed by atoms with Crippen LogP contribution in [0.25, 0.3) is 0 Å². The van der Waals surface area contributed by atoms with Crippen molar-refractivity contribution >= 4 is 5.78 Å². The number of carbonyl (C=O) groups excluding carboxylic acids is 1. The van der Waals surface area contributed by atoms with Crippen LogP contribution in [-0.2, 0) is 4.79 Å². The lowest BCUT2D eigenvalue weighted by Gasteiger charge is -2.26. The van der Waals surface area contributed by atoms with Gasteiger partial charge in [-0.25, -0.2) is 0 Å². The van der Waals surface area contributed by atoms with Crippen LogP contribution in [0.4, 0.5) is 0 Å². The number of aliphatic hydroxyl groups excluding tert-OH is 1. The normalized spacial score (nSPS) is 14.7. The van der Waals surface area contributed by atoms with E-state index in [0.29, 0.717) is 11.0 Å². The van der Waals surface area contributed by atoms with Crippen LogP contribution in [0, 0.1) is 5.92 Å². The van der Waals surface area contributed by atoms with Gasteiger partial charge in [-0.2, -0.15) is 0 Å². The summed E-state index contributed by atoms with van der Waals surface area (Å²) in [6.45, 7) is 4.35. The Bertz CT molecular complexity index is 170. The van der Waals surface area contributed by atoms with Crippen LogP contribution < -0.4 is 0 Å². The number of quaternary nitrogens is 1. The van der Waals surface area contributed by atoms with Gasteiger partial charge >= 0.3 is 0 Å². The molecule has 0 saturated carbocycles. The number of Topliss-reactive ketones (excluding diaryl/α,β-unsaturated/α-hetero) is 1. The summed E-state index contributed by atoms with van der Waals surface area (Å²) in [6.07, 6.45) is -0.220. The third kappa shape index (κ3) is 6.72. The second kappa shape index (κ2) is 4.72. The minimum Gasteiger partial charge on any atom is -0.387 e. The Balaban J connectivity index is 3.88. The molecule has 0 aliphatic rings. The molecular weight excluding hydrogens is 166 g/mol. The van der Waals surface area contributed by atoms with Gasteiger partial charge in [0.2, 0.25) is 0 Å². The Kier molecular flexibility index (Phi) is 4.57. The highest BCUT2D eigenvalue weighted by molar-refractivity contribution is 5.80. The summed E-state index contributed by atoms with van der Waals surface area (Å²) < 4.78 is 0.687. The quantitative estimate of drug-likeness (QED) is 0.644. The van der Waals surface area contributed by atoms with Crippen LogP contribution in [-0.4, -0.2) is 49.2 Å². The van der Waals surface area contributed by atoms with Gasteiger partial charge in [0, 0.05) is 12.3 Å². The number of nitrogens with zero attached hydrogens (tertiary/aromatic N) is 1. The summed E-state index contributed by atoms with van der Waals surface area (Å²) in [6, 6.07) is 0. The molecule has 0 heterocycles. The Morgan fingerprint density at radius 3 is 2.08 bits per heavy atom. The molecule has 0 aromatic rings. The number of rotatable bonds is 5. The van der Waals surface area contributed by atoms with Gasteiger partial charge in [0.05, 0.1) is 21.1 Å². The fourth-order valence-electron chi connectivity index (χ4n) is 1.16. The number of carbonyl (C=O) groups is 1. The second-order valence-electron chi connectivity index (χ2n) is 4.95. The molecule has 1 unspecified atom stereocenters. The number of ketones is 1. The fourth-order valence-corrected chi connectivity index (χ4v) is 1.16. The van der Waals surface area contributed by atoms with Crippen molar-refractivity contribution in [1.82, 2.24) is 0 Å². The van der Waals surface area contributed by atoms with E-state index >= 15 is 0 Å². The second-order valence-corrected chi connectivity index (χ2v) is 4.95. The van der Waals surface area contributed by atoms with E-state index in [4.69, 9.17) is 0 Å². The van der Waals surface area contributed by atoms with Crippen LogP contribution in [0.1, 0.15) is 20.3 Å². The molecule has 3 heteroatoms. The number of hydrogen-bond donors (Lipinski definition) is 1. The first-order chi connectivity index (χ1) is 5.72. The predicted molar refractivity (Wildman–Crippen MR) is 53.4 cm³/mol. The van der Waals surface area contributed by atoms with Gasteiger partial charge in [0.25, 0.3) is 0 Å². The van der Waals surface area contributed by atoms with E-state index in [1.165, 1.54) is 0 Å². The highest BCUT2D eigenvalue weighted by Crippen LogP contribution is 2.05. The molecular formula is C10H22NO2+. The molecule has 0 radical (unpaired) electrons. The van der Waals surface area contributed by atoms with E-state index in [1.54, 1.807) is 0 Å².